The molecule has 2 N–H and O–H groups in total. The van der Waals surface area contributed by atoms with Crippen LogP contribution in [0.5, 0.6) is 0 Å². The molecule has 130 valence electrons. The van der Waals surface area contributed by atoms with Crippen LogP contribution in [0.25, 0.3) is 0 Å². The number of benzene rings is 1. The summed E-state index contributed by atoms with van der Waals surface area (Å²) in [6.45, 7) is 6.33. The summed E-state index contributed by atoms with van der Waals surface area (Å²) in [5.74, 6) is 1.12. The van der Waals surface area contributed by atoms with Gasteiger partial charge in [0.2, 0.25) is 5.91 Å². The molecule has 3 atom stereocenters. The molecule has 0 bridgehead atoms. The molecular formula is C18H29ClN2O2. The number of hydrogen-bond donors (Lipinski definition) is 2. The molecule has 5 heteroatoms. The van der Waals surface area contributed by atoms with Crippen molar-refractivity contribution >= 4 is 24.0 Å². The van der Waals surface area contributed by atoms with E-state index in [9.17, 15) is 4.79 Å². The molecule has 1 amide bonds. The van der Waals surface area contributed by atoms with Crippen molar-refractivity contribution in [3.05, 3.63) is 29.8 Å². The lowest BCUT2D eigenvalue weighted by Gasteiger charge is -2.28. The van der Waals surface area contributed by atoms with E-state index in [1.807, 2.05) is 31.2 Å². The van der Waals surface area contributed by atoms with Gasteiger partial charge in [0, 0.05) is 19.2 Å². The van der Waals surface area contributed by atoms with E-state index in [2.05, 4.69) is 17.6 Å². The molecular weight excluding hydrogens is 312 g/mol. The summed E-state index contributed by atoms with van der Waals surface area (Å²) in [5.41, 5.74) is 1.92. The number of carbonyl (C=O) groups excluding carboxylic acids is 1. The molecule has 2 rings (SSSR count). The van der Waals surface area contributed by atoms with Crippen molar-refractivity contribution in [1.82, 2.24) is 5.32 Å². The summed E-state index contributed by atoms with van der Waals surface area (Å²) in [6.07, 6.45) is 3.05. The molecule has 23 heavy (non-hydrogen) atoms. The van der Waals surface area contributed by atoms with Crippen LogP contribution in [0.15, 0.2) is 24.3 Å². The Morgan fingerprint density at radius 1 is 1.43 bits per heavy atom. The van der Waals surface area contributed by atoms with Crippen molar-refractivity contribution < 1.29 is 9.53 Å². The third-order valence-electron chi connectivity index (χ3n) is 4.64. The number of amides is 1. The molecule has 1 heterocycles. The Kier molecular flexibility index (Phi) is 8.59. The van der Waals surface area contributed by atoms with Crippen molar-refractivity contribution in [2.45, 2.75) is 39.2 Å². The van der Waals surface area contributed by atoms with E-state index < -0.39 is 0 Å². The average molecular weight is 341 g/mol. The highest BCUT2D eigenvalue weighted by molar-refractivity contribution is 5.90. The summed E-state index contributed by atoms with van der Waals surface area (Å²) in [6, 6.07) is 7.88. The van der Waals surface area contributed by atoms with Gasteiger partial charge in [-0.25, -0.2) is 0 Å². The minimum absolute atomic E-state index is 0. The van der Waals surface area contributed by atoms with Crippen molar-refractivity contribution in [3.63, 3.8) is 0 Å². The lowest BCUT2D eigenvalue weighted by atomic mass is 9.85. The van der Waals surface area contributed by atoms with Gasteiger partial charge >= 0.3 is 0 Å². The second-order valence-electron chi connectivity index (χ2n) is 6.34. The number of hydrogen-bond acceptors (Lipinski definition) is 3. The van der Waals surface area contributed by atoms with Gasteiger partial charge in [-0.05, 0) is 62.4 Å². The van der Waals surface area contributed by atoms with E-state index in [-0.39, 0.29) is 24.4 Å². The van der Waals surface area contributed by atoms with Crippen LogP contribution >= 0.6 is 12.4 Å². The highest BCUT2D eigenvalue weighted by Gasteiger charge is 2.22. The quantitative estimate of drug-likeness (QED) is 0.828. The highest BCUT2D eigenvalue weighted by Crippen LogP contribution is 2.24. The molecule has 0 saturated carbocycles. The van der Waals surface area contributed by atoms with Crippen LogP contribution in [0.3, 0.4) is 0 Å². The van der Waals surface area contributed by atoms with Gasteiger partial charge < -0.3 is 15.4 Å². The van der Waals surface area contributed by atoms with Crippen LogP contribution in [-0.4, -0.2) is 26.1 Å². The van der Waals surface area contributed by atoms with Gasteiger partial charge in [0.15, 0.2) is 0 Å². The number of anilines is 1. The van der Waals surface area contributed by atoms with Crippen LogP contribution in [0.4, 0.5) is 5.69 Å². The third-order valence-corrected chi connectivity index (χ3v) is 4.64. The number of nitrogens with one attached hydrogen (secondary N) is 2. The first-order chi connectivity index (χ1) is 10.6. The zero-order chi connectivity index (χ0) is 15.9. The maximum Gasteiger partial charge on any atom is 0.224 e. The van der Waals surface area contributed by atoms with E-state index in [1.54, 1.807) is 7.11 Å². The van der Waals surface area contributed by atoms with E-state index in [4.69, 9.17) is 4.74 Å². The van der Waals surface area contributed by atoms with E-state index in [1.165, 1.54) is 12.8 Å². The highest BCUT2D eigenvalue weighted by atomic mass is 35.5. The first-order valence-corrected chi connectivity index (χ1v) is 8.23. The van der Waals surface area contributed by atoms with Gasteiger partial charge in [0.05, 0.1) is 6.10 Å². The monoisotopic (exact) mass is 340 g/mol. The molecule has 0 aromatic heterocycles. The lowest BCUT2D eigenvalue weighted by molar-refractivity contribution is -0.117. The average Bonchev–Trinajstić information content (AvgIpc) is 2.55. The Bertz CT molecular complexity index is 490. The maximum absolute atomic E-state index is 12.3. The standard InChI is InChI=1S/C18H28N2O2.ClH/c1-13(16-7-5-9-19-12-16)10-18(21)20-17-8-4-6-15(11-17)14(2)22-3;/h4,6,8,11,13-14,16,19H,5,7,9-10,12H2,1-3H3,(H,20,21);1H. The predicted octanol–water partition coefficient (Wildman–Crippen LogP) is 3.78. The first-order valence-electron chi connectivity index (χ1n) is 8.23. The molecule has 1 aromatic rings. The SMILES string of the molecule is COC(C)c1cccc(NC(=O)CC(C)C2CCCNC2)c1.Cl. The van der Waals surface area contributed by atoms with E-state index in [0.717, 1.165) is 24.3 Å². The molecule has 1 aliphatic rings. The number of methoxy groups -OCH3 is 1. The predicted molar refractivity (Wildman–Crippen MR) is 97.1 cm³/mol. The fourth-order valence-electron chi connectivity index (χ4n) is 3.04. The first kappa shape index (κ1) is 19.9. The largest absolute Gasteiger partial charge is 0.377 e. The molecule has 0 radical (unpaired) electrons. The van der Waals surface area contributed by atoms with Crippen LogP contribution in [0.2, 0.25) is 0 Å². The van der Waals surface area contributed by atoms with Gasteiger partial charge in [-0.1, -0.05) is 19.1 Å². The normalized spacial score (nSPS) is 20.2. The number of piperidine rings is 1. The van der Waals surface area contributed by atoms with Gasteiger partial charge in [0.1, 0.15) is 0 Å². The van der Waals surface area contributed by atoms with Crippen molar-refractivity contribution in [2.75, 3.05) is 25.5 Å². The van der Waals surface area contributed by atoms with Gasteiger partial charge in [0.25, 0.3) is 0 Å². The fraction of sp³-hybridized carbons (Fsp3) is 0.611. The van der Waals surface area contributed by atoms with Crippen LogP contribution in [0, 0.1) is 11.8 Å². The van der Waals surface area contributed by atoms with Crippen molar-refractivity contribution in [2.24, 2.45) is 11.8 Å². The number of halogens is 1. The third kappa shape index (κ3) is 6.13. The van der Waals surface area contributed by atoms with Gasteiger partial charge in [-0.15, -0.1) is 12.4 Å². The van der Waals surface area contributed by atoms with Crippen molar-refractivity contribution in [3.8, 4) is 0 Å². The minimum atomic E-state index is 0. The molecule has 1 aromatic carbocycles. The molecule has 0 spiro atoms. The smallest absolute Gasteiger partial charge is 0.224 e. The fourth-order valence-corrected chi connectivity index (χ4v) is 3.04. The summed E-state index contributed by atoms with van der Waals surface area (Å²) in [5, 5.41) is 6.44. The Hall–Kier alpha value is -1.10. The van der Waals surface area contributed by atoms with Gasteiger partial charge in [-0.2, -0.15) is 0 Å². The molecule has 4 nitrogen and oxygen atoms in total. The Morgan fingerprint density at radius 3 is 2.87 bits per heavy atom. The van der Waals surface area contributed by atoms with E-state index >= 15 is 0 Å². The molecule has 1 aliphatic heterocycles. The summed E-state index contributed by atoms with van der Waals surface area (Å²) in [4.78, 5) is 12.3. The molecule has 0 aliphatic carbocycles. The summed E-state index contributed by atoms with van der Waals surface area (Å²) < 4.78 is 5.32. The Labute approximate surface area is 145 Å². The van der Waals surface area contributed by atoms with Crippen LogP contribution < -0.4 is 10.6 Å². The minimum Gasteiger partial charge on any atom is -0.377 e. The van der Waals surface area contributed by atoms with Crippen molar-refractivity contribution in [1.29, 1.82) is 0 Å². The Balaban J connectivity index is 0.00000264. The maximum atomic E-state index is 12.3. The number of ether oxygens (including phenoxy) is 1. The topological polar surface area (TPSA) is 50.4 Å². The summed E-state index contributed by atoms with van der Waals surface area (Å²) in [7, 11) is 1.69. The van der Waals surface area contributed by atoms with Crippen LogP contribution in [-0.2, 0) is 9.53 Å². The summed E-state index contributed by atoms with van der Waals surface area (Å²) >= 11 is 0. The zero-order valence-electron chi connectivity index (χ0n) is 14.3. The molecule has 1 saturated heterocycles. The van der Waals surface area contributed by atoms with E-state index in [0.29, 0.717) is 18.3 Å². The van der Waals surface area contributed by atoms with Crippen LogP contribution in [0.1, 0.15) is 44.8 Å². The lowest BCUT2D eigenvalue weighted by Crippen LogP contribution is -2.34. The van der Waals surface area contributed by atoms with Gasteiger partial charge in [-0.3, -0.25) is 4.79 Å². The molecule has 1 fully saturated rings. The zero-order valence-corrected chi connectivity index (χ0v) is 15.1. The number of rotatable bonds is 6. The number of carbonyl (C=O) groups is 1. The Morgan fingerprint density at radius 2 is 2.22 bits per heavy atom. The second-order valence-corrected chi connectivity index (χ2v) is 6.34. The second kappa shape index (κ2) is 9.91. The molecule has 3 unspecified atom stereocenters.